The number of nitrogens with one attached hydrogen (secondary N) is 2. The van der Waals surface area contributed by atoms with E-state index in [1.165, 1.54) is 13.1 Å². The number of hydrogen-bond acceptors (Lipinski definition) is 5. The van der Waals surface area contributed by atoms with Crippen molar-refractivity contribution in [2.24, 2.45) is 0 Å². The summed E-state index contributed by atoms with van der Waals surface area (Å²) in [4.78, 5) is 45.8. The van der Waals surface area contributed by atoms with E-state index in [-0.39, 0.29) is 16.1 Å². The summed E-state index contributed by atoms with van der Waals surface area (Å²) in [5.41, 5.74) is -1.10. The van der Waals surface area contributed by atoms with Crippen LogP contribution >= 0.6 is 22.9 Å². The van der Waals surface area contributed by atoms with E-state index >= 15 is 0 Å². The molecule has 0 saturated carbocycles. The molecule has 7 nitrogen and oxygen atoms in total. The van der Waals surface area contributed by atoms with Crippen LogP contribution in [0.25, 0.3) is 10.2 Å². The molecule has 0 spiro atoms. The topological polar surface area (TPSA) is 95.2 Å². The number of anilines is 1. The molecule has 0 saturated heterocycles. The molecule has 3 aromatic rings. The molecular formula is C19H16ClF3N4O3S. The zero-order chi connectivity index (χ0) is 23.1. The van der Waals surface area contributed by atoms with Crippen LogP contribution in [0.2, 0.25) is 5.02 Å². The van der Waals surface area contributed by atoms with Gasteiger partial charge in [-0.3, -0.25) is 14.4 Å². The number of nitrogens with zero attached hydrogens (tertiary/aromatic N) is 2. The van der Waals surface area contributed by atoms with Crippen LogP contribution in [0.4, 0.5) is 18.9 Å². The number of thiophene rings is 1. The molecule has 2 N–H and O–H groups in total. The molecule has 0 bridgehead atoms. The zero-order valence-electron chi connectivity index (χ0n) is 16.5. The van der Waals surface area contributed by atoms with Gasteiger partial charge < -0.3 is 15.2 Å². The van der Waals surface area contributed by atoms with Gasteiger partial charge in [0, 0.05) is 12.7 Å². The normalized spacial score (nSPS) is 11.6. The fourth-order valence-corrected chi connectivity index (χ4v) is 4.38. The van der Waals surface area contributed by atoms with Gasteiger partial charge in [-0.2, -0.15) is 13.2 Å². The van der Waals surface area contributed by atoms with Crippen molar-refractivity contribution < 1.29 is 22.8 Å². The number of amides is 2. The smallest absolute Gasteiger partial charge is 0.332 e. The second-order valence-corrected chi connectivity index (χ2v) is 8.20. The minimum atomic E-state index is -4.67. The summed E-state index contributed by atoms with van der Waals surface area (Å²) in [6, 6.07) is 2.98. The molecule has 0 radical (unpaired) electrons. The first-order chi connectivity index (χ1) is 14.4. The number of rotatable bonds is 4. The van der Waals surface area contributed by atoms with Crippen molar-refractivity contribution >= 4 is 50.7 Å². The van der Waals surface area contributed by atoms with E-state index in [1.54, 1.807) is 13.8 Å². The molecule has 0 fully saturated rings. The number of halogens is 4. The lowest BCUT2D eigenvalue weighted by Gasteiger charge is -2.17. The van der Waals surface area contributed by atoms with Crippen LogP contribution < -0.4 is 10.9 Å². The molecule has 3 rings (SSSR count). The average Bonchev–Trinajstić information content (AvgIpc) is 2.98. The third-order valence-electron chi connectivity index (χ3n) is 4.40. The Kier molecular flexibility index (Phi) is 6.10. The molecule has 2 aromatic heterocycles. The molecule has 0 aliphatic heterocycles. The summed E-state index contributed by atoms with van der Waals surface area (Å²) in [6.45, 7) is 2.81. The Morgan fingerprint density at radius 2 is 1.97 bits per heavy atom. The van der Waals surface area contributed by atoms with E-state index < -0.39 is 35.1 Å². The van der Waals surface area contributed by atoms with Gasteiger partial charge in [0.1, 0.15) is 10.7 Å². The second-order valence-electron chi connectivity index (χ2n) is 6.79. The largest absolute Gasteiger partial charge is 0.417 e. The SMILES string of the molecule is Cc1nc2sc(C(=O)N(C)CC(=O)Nc3ccc(Cl)c(C(F)(F)F)c3)c(C)c2c(=O)[nH]1. The number of H-pyrrole nitrogens is 1. The maximum absolute atomic E-state index is 13.0. The molecule has 0 unspecified atom stereocenters. The van der Waals surface area contributed by atoms with Crippen LogP contribution in [0.5, 0.6) is 0 Å². The number of likely N-dealkylation sites (N-methyl/N-ethyl adjacent to an activating group) is 1. The fourth-order valence-electron chi connectivity index (χ4n) is 2.94. The van der Waals surface area contributed by atoms with Crippen LogP contribution in [0, 0.1) is 13.8 Å². The standard InChI is InChI=1S/C19H16ClF3N4O3S/c1-8-14-16(29)24-9(2)25-17(14)31-15(8)18(30)27(3)7-13(28)26-10-4-5-12(20)11(6-10)19(21,22)23/h4-6H,7H2,1-3H3,(H,26,28)(H,24,25,29). The van der Waals surface area contributed by atoms with Crippen LogP contribution in [0.15, 0.2) is 23.0 Å². The van der Waals surface area contributed by atoms with Crippen molar-refractivity contribution in [3.05, 3.63) is 55.4 Å². The lowest BCUT2D eigenvalue weighted by atomic mass is 10.2. The first-order valence-electron chi connectivity index (χ1n) is 8.80. The molecule has 0 atom stereocenters. The first-order valence-corrected chi connectivity index (χ1v) is 10.00. The minimum Gasteiger partial charge on any atom is -0.332 e. The second kappa shape index (κ2) is 8.31. The van der Waals surface area contributed by atoms with Crippen LogP contribution in [0.3, 0.4) is 0 Å². The van der Waals surface area contributed by atoms with Crippen molar-refractivity contribution in [1.29, 1.82) is 0 Å². The van der Waals surface area contributed by atoms with Gasteiger partial charge in [0.15, 0.2) is 0 Å². The lowest BCUT2D eigenvalue weighted by Crippen LogP contribution is -2.34. The number of hydrogen-bond donors (Lipinski definition) is 2. The molecule has 1 aromatic carbocycles. The zero-order valence-corrected chi connectivity index (χ0v) is 18.1. The minimum absolute atomic E-state index is 0.105. The number of carbonyl (C=O) groups is 2. The number of aromatic amines is 1. The molecule has 0 aliphatic rings. The monoisotopic (exact) mass is 472 g/mol. The van der Waals surface area contributed by atoms with E-state index in [0.29, 0.717) is 21.6 Å². The highest BCUT2D eigenvalue weighted by Crippen LogP contribution is 2.36. The lowest BCUT2D eigenvalue weighted by molar-refractivity contribution is -0.137. The van der Waals surface area contributed by atoms with E-state index in [2.05, 4.69) is 15.3 Å². The van der Waals surface area contributed by atoms with Gasteiger partial charge in [0.05, 0.1) is 27.4 Å². The molecule has 2 heterocycles. The Balaban J connectivity index is 1.77. The predicted molar refractivity (Wildman–Crippen MR) is 112 cm³/mol. The van der Waals surface area contributed by atoms with E-state index in [4.69, 9.17) is 11.6 Å². The Labute approximate surface area is 182 Å². The summed E-state index contributed by atoms with van der Waals surface area (Å²) in [5, 5.41) is 2.14. The van der Waals surface area contributed by atoms with Gasteiger partial charge >= 0.3 is 6.18 Å². The molecule has 31 heavy (non-hydrogen) atoms. The van der Waals surface area contributed by atoms with Gasteiger partial charge in [-0.25, -0.2) is 4.98 Å². The first kappa shape index (κ1) is 22.8. The van der Waals surface area contributed by atoms with Crippen molar-refractivity contribution in [2.45, 2.75) is 20.0 Å². The number of aromatic nitrogens is 2. The van der Waals surface area contributed by atoms with Gasteiger partial charge in [-0.1, -0.05) is 11.6 Å². The summed E-state index contributed by atoms with van der Waals surface area (Å²) >= 11 is 6.60. The Morgan fingerprint density at radius 3 is 2.61 bits per heavy atom. The fraction of sp³-hybridized carbons (Fsp3) is 0.263. The number of alkyl halides is 3. The molecule has 2 amide bonds. The third kappa shape index (κ3) is 4.72. The summed E-state index contributed by atoms with van der Waals surface area (Å²) in [5.74, 6) is -0.802. The third-order valence-corrected chi connectivity index (χ3v) is 5.90. The summed E-state index contributed by atoms with van der Waals surface area (Å²) in [7, 11) is 1.37. The van der Waals surface area contributed by atoms with Gasteiger partial charge in [-0.05, 0) is 37.6 Å². The van der Waals surface area contributed by atoms with Crippen molar-refractivity contribution in [3.63, 3.8) is 0 Å². The van der Waals surface area contributed by atoms with Crippen molar-refractivity contribution in [3.8, 4) is 0 Å². The van der Waals surface area contributed by atoms with Crippen LogP contribution in [-0.2, 0) is 11.0 Å². The highest BCUT2D eigenvalue weighted by atomic mass is 35.5. The Hall–Kier alpha value is -2.92. The van der Waals surface area contributed by atoms with Gasteiger partial charge in [0.2, 0.25) is 5.91 Å². The number of fused-ring (bicyclic) bond motifs is 1. The maximum Gasteiger partial charge on any atom is 0.417 e. The molecule has 164 valence electrons. The number of benzene rings is 1. The Bertz CT molecular complexity index is 1250. The highest BCUT2D eigenvalue weighted by molar-refractivity contribution is 7.20. The summed E-state index contributed by atoms with van der Waals surface area (Å²) < 4.78 is 38.9. The number of carbonyl (C=O) groups excluding carboxylic acids is 2. The number of aryl methyl sites for hydroxylation is 2. The van der Waals surface area contributed by atoms with Crippen LogP contribution in [0.1, 0.15) is 26.6 Å². The van der Waals surface area contributed by atoms with Gasteiger partial charge in [0.25, 0.3) is 11.5 Å². The van der Waals surface area contributed by atoms with E-state index in [9.17, 15) is 27.6 Å². The predicted octanol–water partition coefficient (Wildman–Crippen LogP) is 3.98. The van der Waals surface area contributed by atoms with E-state index in [0.717, 1.165) is 28.4 Å². The molecule has 12 heteroatoms. The molecular weight excluding hydrogens is 457 g/mol. The van der Waals surface area contributed by atoms with Gasteiger partial charge in [-0.15, -0.1) is 11.3 Å². The quantitative estimate of drug-likeness (QED) is 0.600. The summed E-state index contributed by atoms with van der Waals surface area (Å²) in [6.07, 6.45) is -4.67. The Morgan fingerprint density at radius 1 is 1.29 bits per heavy atom. The van der Waals surface area contributed by atoms with E-state index in [1.807, 2.05) is 0 Å². The highest BCUT2D eigenvalue weighted by Gasteiger charge is 2.33. The van der Waals surface area contributed by atoms with Crippen LogP contribution in [-0.4, -0.2) is 40.3 Å². The molecule has 0 aliphatic carbocycles. The maximum atomic E-state index is 13.0. The van der Waals surface area contributed by atoms with Crippen molar-refractivity contribution in [1.82, 2.24) is 14.9 Å². The van der Waals surface area contributed by atoms with Crippen molar-refractivity contribution in [2.75, 3.05) is 18.9 Å². The average molecular weight is 473 g/mol.